The number of nitrogens with one attached hydrogen (secondary N) is 1. The molecule has 0 radical (unpaired) electrons. The number of hydrogen-bond acceptors (Lipinski definition) is 2. The Morgan fingerprint density at radius 3 is 2.12 bits per heavy atom. The predicted octanol–water partition coefficient (Wildman–Crippen LogP) is 3.00. The predicted molar refractivity (Wildman–Crippen MR) is 62.6 cm³/mol. The zero-order valence-electron chi connectivity index (χ0n) is 9.30. The van der Waals surface area contributed by atoms with Crippen LogP contribution in [-0.4, -0.2) is 11.2 Å². The summed E-state index contributed by atoms with van der Waals surface area (Å²) in [5.41, 5.74) is -0.133. The topological polar surface area (TPSA) is 29.1 Å². The summed E-state index contributed by atoms with van der Waals surface area (Å²) in [7, 11) is 0. The number of carbonyl (C=O) groups excluding carboxylic acids is 1. The van der Waals surface area contributed by atoms with Gasteiger partial charge in [-0.05, 0) is 5.92 Å². The highest BCUT2D eigenvalue weighted by Gasteiger charge is 2.19. The first kappa shape index (κ1) is 13.9. The summed E-state index contributed by atoms with van der Waals surface area (Å²) in [5.74, 6) is -4.78. The lowest BCUT2D eigenvalue weighted by molar-refractivity contribution is -0.116. The van der Waals surface area contributed by atoms with Crippen LogP contribution in [0.3, 0.4) is 0 Å². The Morgan fingerprint density at radius 2 is 1.71 bits per heavy atom. The van der Waals surface area contributed by atoms with Crippen molar-refractivity contribution in [2.75, 3.05) is 5.32 Å². The van der Waals surface area contributed by atoms with Crippen molar-refractivity contribution in [3.05, 3.63) is 29.6 Å². The fourth-order valence-corrected chi connectivity index (χ4v) is 1.21. The largest absolute Gasteiger partial charge is 0.325 e. The monoisotopic (exact) mass is 263 g/mol. The number of benzene rings is 1. The van der Waals surface area contributed by atoms with Crippen LogP contribution in [0.5, 0.6) is 0 Å². The molecule has 0 saturated carbocycles. The van der Waals surface area contributed by atoms with E-state index in [1.165, 1.54) is 0 Å². The summed E-state index contributed by atoms with van der Waals surface area (Å²) >= 11 is 4.05. The summed E-state index contributed by atoms with van der Waals surface area (Å²) in [6.07, 6.45) is 0. The van der Waals surface area contributed by atoms with Crippen LogP contribution in [0.4, 0.5) is 18.9 Å². The Bertz CT molecular complexity index is 414. The van der Waals surface area contributed by atoms with E-state index >= 15 is 0 Å². The second kappa shape index (κ2) is 5.44. The molecule has 1 atom stereocenters. The molecule has 1 aromatic carbocycles. The quantitative estimate of drug-likeness (QED) is 0.637. The van der Waals surface area contributed by atoms with Crippen LogP contribution in [0.2, 0.25) is 0 Å². The molecule has 0 bridgehead atoms. The smallest absolute Gasteiger partial charge is 0.237 e. The first-order chi connectivity index (χ1) is 7.82. The van der Waals surface area contributed by atoms with Crippen LogP contribution >= 0.6 is 12.6 Å². The Balaban J connectivity index is 2.86. The first-order valence-corrected chi connectivity index (χ1v) is 5.48. The number of rotatable bonds is 3. The van der Waals surface area contributed by atoms with Gasteiger partial charge in [-0.1, -0.05) is 13.8 Å². The van der Waals surface area contributed by atoms with Crippen LogP contribution in [0.15, 0.2) is 12.1 Å². The van der Waals surface area contributed by atoms with Gasteiger partial charge >= 0.3 is 0 Å². The van der Waals surface area contributed by atoms with E-state index in [0.717, 1.165) is 12.1 Å². The third kappa shape index (κ3) is 3.39. The molecule has 0 aliphatic heterocycles. The molecule has 0 saturated heterocycles. The number of anilines is 1. The van der Waals surface area contributed by atoms with Crippen molar-refractivity contribution < 1.29 is 18.0 Å². The molecule has 0 aliphatic carbocycles. The van der Waals surface area contributed by atoms with Crippen molar-refractivity contribution in [2.45, 2.75) is 19.1 Å². The molecule has 1 unspecified atom stereocenters. The highest BCUT2D eigenvalue weighted by Crippen LogP contribution is 2.19. The summed E-state index contributed by atoms with van der Waals surface area (Å²) in [5, 5.41) is 1.66. The lowest BCUT2D eigenvalue weighted by Gasteiger charge is -2.14. The molecule has 0 spiro atoms. The van der Waals surface area contributed by atoms with E-state index in [1.54, 1.807) is 13.8 Å². The van der Waals surface area contributed by atoms with Gasteiger partial charge in [-0.3, -0.25) is 4.79 Å². The van der Waals surface area contributed by atoms with E-state index in [0.29, 0.717) is 0 Å². The fraction of sp³-hybridized carbons (Fsp3) is 0.364. The van der Waals surface area contributed by atoms with Crippen LogP contribution < -0.4 is 5.32 Å². The number of halogens is 3. The molecule has 17 heavy (non-hydrogen) atoms. The molecule has 1 amide bonds. The highest BCUT2D eigenvalue weighted by atomic mass is 32.1. The molecule has 2 nitrogen and oxygen atoms in total. The van der Waals surface area contributed by atoms with Crippen molar-refractivity contribution in [3.63, 3.8) is 0 Å². The maximum atomic E-state index is 12.9. The molecule has 1 N–H and O–H groups in total. The van der Waals surface area contributed by atoms with Gasteiger partial charge < -0.3 is 5.32 Å². The van der Waals surface area contributed by atoms with Gasteiger partial charge in [-0.2, -0.15) is 12.6 Å². The van der Waals surface area contributed by atoms with Gasteiger partial charge in [0.2, 0.25) is 5.91 Å². The Hall–Kier alpha value is -1.17. The molecule has 1 rings (SSSR count). The SMILES string of the molecule is CC(C)C(S)C(=O)Nc1cc(F)c(F)c(F)c1. The molecular formula is C11H12F3NOS. The molecule has 1 aromatic rings. The first-order valence-electron chi connectivity index (χ1n) is 4.96. The van der Waals surface area contributed by atoms with E-state index < -0.39 is 28.6 Å². The van der Waals surface area contributed by atoms with E-state index in [4.69, 9.17) is 0 Å². The molecular weight excluding hydrogens is 251 g/mol. The minimum absolute atomic E-state index is 0.0338. The lowest BCUT2D eigenvalue weighted by atomic mass is 10.1. The van der Waals surface area contributed by atoms with Crippen molar-refractivity contribution in [1.29, 1.82) is 0 Å². The number of thiol groups is 1. The van der Waals surface area contributed by atoms with Gasteiger partial charge in [0, 0.05) is 17.8 Å². The van der Waals surface area contributed by atoms with E-state index in [2.05, 4.69) is 17.9 Å². The highest BCUT2D eigenvalue weighted by molar-refractivity contribution is 7.81. The van der Waals surface area contributed by atoms with Gasteiger partial charge in [0.1, 0.15) is 0 Å². The molecule has 0 heterocycles. The molecule has 0 fully saturated rings. The summed E-state index contributed by atoms with van der Waals surface area (Å²) in [6, 6.07) is 1.44. The van der Waals surface area contributed by atoms with Crippen molar-refractivity contribution in [1.82, 2.24) is 0 Å². The van der Waals surface area contributed by atoms with Crippen molar-refractivity contribution >= 4 is 24.2 Å². The average Bonchev–Trinajstić information content (AvgIpc) is 2.24. The van der Waals surface area contributed by atoms with Crippen LogP contribution in [0.1, 0.15) is 13.8 Å². The average molecular weight is 263 g/mol. The van der Waals surface area contributed by atoms with Gasteiger partial charge in [-0.15, -0.1) is 0 Å². The fourth-order valence-electron chi connectivity index (χ4n) is 1.15. The number of carbonyl (C=O) groups is 1. The molecule has 0 aliphatic rings. The standard InChI is InChI=1S/C11H12F3NOS/c1-5(2)10(17)11(16)15-6-3-7(12)9(14)8(13)4-6/h3-5,10,17H,1-2H3,(H,15,16). The van der Waals surface area contributed by atoms with Crippen LogP contribution in [-0.2, 0) is 4.79 Å². The van der Waals surface area contributed by atoms with Crippen LogP contribution in [0.25, 0.3) is 0 Å². The Kier molecular flexibility index (Phi) is 4.45. The molecule has 94 valence electrons. The van der Waals surface area contributed by atoms with Gasteiger partial charge in [-0.25, -0.2) is 13.2 Å². The zero-order valence-corrected chi connectivity index (χ0v) is 10.2. The van der Waals surface area contributed by atoms with Gasteiger partial charge in [0.05, 0.1) is 5.25 Å². The molecule has 0 aromatic heterocycles. The molecule has 6 heteroatoms. The van der Waals surface area contributed by atoms with E-state index in [9.17, 15) is 18.0 Å². The minimum atomic E-state index is -1.56. The van der Waals surface area contributed by atoms with Gasteiger partial charge in [0.15, 0.2) is 17.5 Å². The maximum Gasteiger partial charge on any atom is 0.237 e. The third-order valence-corrected chi connectivity index (χ3v) is 2.98. The number of hydrogen-bond donors (Lipinski definition) is 2. The maximum absolute atomic E-state index is 12.9. The van der Waals surface area contributed by atoms with E-state index in [-0.39, 0.29) is 11.6 Å². The van der Waals surface area contributed by atoms with Gasteiger partial charge in [0.25, 0.3) is 0 Å². The summed E-state index contributed by atoms with van der Waals surface area (Å²) in [4.78, 5) is 11.5. The van der Waals surface area contributed by atoms with Crippen molar-refractivity contribution in [2.24, 2.45) is 5.92 Å². The summed E-state index contributed by atoms with van der Waals surface area (Å²) < 4.78 is 38.4. The van der Waals surface area contributed by atoms with Crippen LogP contribution in [0, 0.1) is 23.4 Å². The third-order valence-electron chi connectivity index (χ3n) is 2.15. The Morgan fingerprint density at radius 1 is 1.24 bits per heavy atom. The zero-order chi connectivity index (χ0) is 13.2. The number of amides is 1. The summed E-state index contributed by atoms with van der Waals surface area (Å²) in [6.45, 7) is 3.56. The Labute approximate surface area is 103 Å². The normalized spacial score (nSPS) is 12.6. The van der Waals surface area contributed by atoms with E-state index in [1.807, 2.05) is 0 Å². The second-order valence-electron chi connectivity index (χ2n) is 3.93. The minimum Gasteiger partial charge on any atom is -0.325 e. The second-order valence-corrected chi connectivity index (χ2v) is 4.49. The van der Waals surface area contributed by atoms with Crippen molar-refractivity contribution in [3.8, 4) is 0 Å². The lowest BCUT2D eigenvalue weighted by Crippen LogP contribution is -2.27.